The van der Waals surface area contributed by atoms with E-state index >= 15 is 0 Å². The first kappa shape index (κ1) is 10.6. The molecule has 0 heterocycles. The van der Waals surface area contributed by atoms with E-state index in [1.807, 2.05) is 24.3 Å². The second-order valence-corrected chi connectivity index (χ2v) is 4.11. The van der Waals surface area contributed by atoms with Crippen LogP contribution < -0.4 is 0 Å². The molecule has 0 amide bonds. The van der Waals surface area contributed by atoms with Crippen LogP contribution in [0.5, 0.6) is 0 Å². The maximum Gasteiger partial charge on any atom is 0.341 e. The molecule has 0 aromatic heterocycles. The summed E-state index contributed by atoms with van der Waals surface area (Å²) >= 11 is 6.01. The molecular weight excluding hydrogens is 299 g/mol. The van der Waals surface area contributed by atoms with Crippen molar-refractivity contribution in [2.45, 2.75) is 0 Å². The van der Waals surface area contributed by atoms with Crippen LogP contribution in [0.2, 0.25) is 0 Å². The van der Waals surface area contributed by atoms with E-state index in [4.69, 9.17) is 5.11 Å². The summed E-state index contributed by atoms with van der Waals surface area (Å²) in [7, 11) is 0. The third-order valence-electron chi connectivity index (χ3n) is 1.39. The summed E-state index contributed by atoms with van der Waals surface area (Å²) in [6, 6.07) is 7.52. The number of rotatable bonds is 2. The fourth-order valence-corrected chi connectivity index (χ4v) is 1.29. The summed E-state index contributed by atoms with van der Waals surface area (Å²) < 4.78 is 1.12. The van der Waals surface area contributed by atoms with Crippen molar-refractivity contribution in [1.82, 2.24) is 0 Å². The Morgan fingerprint density at radius 2 is 1.92 bits per heavy atom. The highest BCUT2D eigenvalue weighted by Gasteiger charge is 2.00. The Hall–Kier alpha value is -0.490. The Balaban J connectivity index is 2.92. The van der Waals surface area contributed by atoms with E-state index in [1.165, 1.54) is 6.08 Å². The topological polar surface area (TPSA) is 37.3 Å². The van der Waals surface area contributed by atoms with Gasteiger partial charge in [-0.3, -0.25) is 0 Å². The summed E-state index contributed by atoms with van der Waals surface area (Å²) in [6.45, 7) is 0. The van der Waals surface area contributed by atoms with Crippen molar-refractivity contribution < 1.29 is 9.90 Å². The molecular formula is C9H7IO2S. The van der Waals surface area contributed by atoms with Crippen LogP contribution in [0.1, 0.15) is 5.56 Å². The summed E-state index contributed by atoms with van der Waals surface area (Å²) in [5, 5.41) is 8.55. The minimum atomic E-state index is -1.01. The zero-order valence-corrected chi connectivity index (χ0v) is 9.62. The molecule has 0 aliphatic heterocycles. The summed E-state index contributed by atoms with van der Waals surface area (Å²) in [5.41, 5.74) is 0.841. The standard InChI is InChI=1S/C9H7IO2S/c10-7-3-1-6(2-4-7)5-8(13)9(11)12/h1-5,13H,(H,11,12)/b8-5+. The SMILES string of the molecule is O=C(O)/C(S)=C\c1ccc(I)cc1. The highest BCUT2D eigenvalue weighted by molar-refractivity contribution is 14.1. The third-order valence-corrected chi connectivity index (χ3v) is 2.43. The van der Waals surface area contributed by atoms with Crippen LogP contribution in [-0.4, -0.2) is 11.1 Å². The monoisotopic (exact) mass is 306 g/mol. The number of halogens is 1. The summed E-state index contributed by atoms with van der Waals surface area (Å²) in [4.78, 5) is 10.5. The van der Waals surface area contributed by atoms with Crippen molar-refractivity contribution in [3.05, 3.63) is 38.3 Å². The number of thiol groups is 1. The molecule has 2 nitrogen and oxygen atoms in total. The molecule has 1 aromatic carbocycles. The van der Waals surface area contributed by atoms with Crippen molar-refractivity contribution in [1.29, 1.82) is 0 Å². The molecule has 0 aliphatic rings. The van der Waals surface area contributed by atoms with Crippen LogP contribution in [0.4, 0.5) is 0 Å². The Kier molecular flexibility index (Phi) is 3.80. The average molecular weight is 306 g/mol. The smallest absolute Gasteiger partial charge is 0.341 e. The largest absolute Gasteiger partial charge is 0.477 e. The molecule has 1 rings (SSSR count). The molecule has 1 aromatic rings. The number of carbonyl (C=O) groups is 1. The van der Waals surface area contributed by atoms with Gasteiger partial charge in [-0.2, -0.15) is 0 Å². The van der Waals surface area contributed by atoms with Crippen molar-refractivity contribution >= 4 is 47.3 Å². The summed E-state index contributed by atoms with van der Waals surface area (Å²) in [5.74, 6) is -1.01. The van der Waals surface area contributed by atoms with E-state index in [1.54, 1.807) is 0 Å². The lowest BCUT2D eigenvalue weighted by Gasteiger charge is -1.95. The first-order chi connectivity index (χ1) is 6.09. The number of benzene rings is 1. The average Bonchev–Trinajstić information content (AvgIpc) is 2.08. The number of aliphatic carboxylic acids is 1. The Morgan fingerprint density at radius 3 is 2.38 bits per heavy atom. The number of carboxylic acids is 1. The third kappa shape index (κ3) is 3.40. The number of hydrogen-bond acceptors (Lipinski definition) is 2. The number of carboxylic acid groups (broad SMARTS) is 1. The lowest BCUT2D eigenvalue weighted by atomic mass is 10.2. The van der Waals surface area contributed by atoms with Gasteiger partial charge in [0.05, 0.1) is 4.91 Å². The van der Waals surface area contributed by atoms with Crippen LogP contribution in [-0.2, 0) is 4.79 Å². The van der Waals surface area contributed by atoms with Crippen molar-refractivity contribution in [3.8, 4) is 0 Å². The van der Waals surface area contributed by atoms with E-state index in [2.05, 4.69) is 35.2 Å². The van der Waals surface area contributed by atoms with Crippen LogP contribution >= 0.6 is 35.2 Å². The van der Waals surface area contributed by atoms with Gasteiger partial charge in [-0.25, -0.2) is 4.79 Å². The first-order valence-electron chi connectivity index (χ1n) is 3.49. The van der Waals surface area contributed by atoms with Crippen LogP contribution in [0.15, 0.2) is 29.2 Å². The summed E-state index contributed by atoms with van der Waals surface area (Å²) in [6.07, 6.45) is 1.52. The van der Waals surface area contributed by atoms with Crippen molar-refractivity contribution in [3.63, 3.8) is 0 Å². The lowest BCUT2D eigenvalue weighted by Crippen LogP contribution is -1.93. The predicted octanol–water partition coefficient (Wildman–Crippen LogP) is 2.65. The molecule has 0 bridgehead atoms. The van der Waals surface area contributed by atoms with Gasteiger partial charge < -0.3 is 5.11 Å². The second kappa shape index (κ2) is 4.66. The van der Waals surface area contributed by atoms with Gasteiger partial charge in [-0.1, -0.05) is 12.1 Å². The van der Waals surface area contributed by atoms with E-state index in [-0.39, 0.29) is 4.91 Å². The fourth-order valence-electron chi connectivity index (χ4n) is 0.779. The molecule has 0 saturated carbocycles. The molecule has 0 spiro atoms. The second-order valence-electron chi connectivity index (χ2n) is 2.39. The molecule has 68 valence electrons. The van der Waals surface area contributed by atoms with Gasteiger partial charge in [0.1, 0.15) is 0 Å². The fraction of sp³-hybridized carbons (Fsp3) is 0. The first-order valence-corrected chi connectivity index (χ1v) is 5.02. The quantitative estimate of drug-likeness (QED) is 0.501. The van der Waals surface area contributed by atoms with Gasteiger partial charge in [0.15, 0.2) is 0 Å². The molecule has 0 unspecified atom stereocenters. The highest BCUT2D eigenvalue weighted by Crippen LogP contribution is 2.12. The molecule has 0 atom stereocenters. The van der Waals surface area contributed by atoms with Gasteiger partial charge in [0, 0.05) is 3.57 Å². The Morgan fingerprint density at radius 1 is 1.38 bits per heavy atom. The van der Waals surface area contributed by atoms with Gasteiger partial charge in [0.25, 0.3) is 0 Å². The van der Waals surface area contributed by atoms with Crippen LogP contribution in [0.3, 0.4) is 0 Å². The molecule has 0 fully saturated rings. The maximum atomic E-state index is 10.4. The Bertz CT molecular complexity index is 343. The van der Waals surface area contributed by atoms with E-state index in [9.17, 15) is 4.79 Å². The Labute approximate surface area is 95.2 Å². The normalized spacial score (nSPS) is 11.4. The minimum Gasteiger partial charge on any atom is -0.477 e. The van der Waals surface area contributed by atoms with Crippen LogP contribution in [0, 0.1) is 3.57 Å². The molecule has 4 heteroatoms. The van der Waals surface area contributed by atoms with E-state index in [0.717, 1.165) is 9.13 Å². The predicted molar refractivity (Wildman–Crippen MR) is 63.8 cm³/mol. The van der Waals surface area contributed by atoms with Gasteiger partial charge in [0.2, 0.25) is 0 Å². The van der Waals surface area contributed by atoms with Gasteiger partial charge in [-0.05, 0) is 46.4 Å². The lowest BCUT2D eigenvalue weighted by molar-refractivity contribution is -0.131. The highest BCUT2D eigenvalue weighted by atomic mass is 127. The maximum absolute atomic E-state index is 10.4. The van der Waals surface area contributed by atoms with Gasteiger partial charge >= 0.3 is 5.97 Å². The van der Waals surface area contributed by atoms with Gasteiger partial charge in [-0.15, -0.1) is 12.6 Å². The molecule has 0 radical (unpaired) electrons. The minimum absolute atomic E-state index is 0.0428. The van der Waals surface area contributed by atoms with Crippen molar-refractivity contribution in [2.24, 2.45) is 0 Å². The zero-order valence-electron chi connectivity index (χ0n) is 6.57. The zero-order chi connectivity index (χ0) is 9.84. The number of hydrogen-bond donors (Lipinski definition) is 2. The molecule has 13 heavy (non-hydrogen) atoms. The van der Waals surface area contributed by atoms with Crippen LogP contribution in [0.25, 0.3) is 6.08 Å². The molecule has 0 aliphatic carbocycles. The van der Waals surface area contributed by atoms with E-state index < -0.39 is 5.97 Å². The van der Waals surface area contributed by atoms with Crippen molar-refractivity contribution in [2.75, 3.05) is 0 Å². The van der Waals surface area contributed by atoms with E-state index in [0.29, 0.717) is 0 Å². The molecule has 0 saturated heterocycles. The molecule has 1 N–H and O–H groups in total.